The predicted molar refractivity (Wildman–Crippen MR) is 122 cm³/mol. The number of carbonyl (C=O) groups is 1. The van der Waals surface area contributed by atoms with Gasteiger partial charge in [0.05, 0.1) is 22.9 Å². The third-order valence-electron chi connectivity index (χ3n) is 4.92. The van der Waals surface area contributed by atoms with Crippen molar-refractivity contribution in [3.8, 4) is 16.9 Å². The number of ether oxygens (including phenoxy) is 1. The van der Waals surface area contributed by atoms with Crippen LogP contribution in [0.25, 0.3) is 32.3 Å². The summed E-state index contributed by atoms with van der Waals surface area (Å²) in [4.78, 5) is 29.5. The zero-order chi connectivity index (χ0) is 21.4. The Balaban J connectivity index is 1.39. The molecule has 3 aromatic carbocycles. The van der Waals surface area contributed by atoms with Crippen molar-refractivity contribution in [2.45, 2.75) is 0 Å². The van der Waals surface area contributed by atoms with Crippen molar-refractivity contribution >= 4 is 43.6 Å². The number of amides is 1. The SMILES string of the molecule is COc1ccc2nc(NC(=O)c3ccc(-c4cc5ccccc5oc4=O)cc3)sc2c1. The number of carbonyl (C=O) groups excluding carboxylic acids is 1. The maximum Gasteiger partial charge on any atom is 0.344 e. The number of thiazole rings is 1. The Labute approximate surface area is 180 Å². The van der Waals surface area contributed by atoms with Crippen LogP contribution in [0.15, 0.2) is 82.0 Å². The molecule has 7 heteroatoms. The molecule has 0 radical (unpaired) electrons. The largest absolute Gasteiger partial charge is 0.497 e. The van der Waals surface area contributed by atoms with Gasteiger partial charge in [-0.25, -0.2) is 9.78 Å². The van der Waals surface area contributed by atoms with Crippen molar-refractivity contribution in [2.24, 2.45) is 0 Å². The first kappa shape index (κ1) is 19.0. The highest BCUT2D eigenvalue weighted by Crippen LogP contribution is 2.29. The van der Waals surface area contributed by atoms with Gasteiger partial charge in [-0.2, -0.15) is 0 Å². The summed E-state index contributed by atoms with van der Waals surface area (Å²) in [6, 6.07) is 21.5. The van der Waals surface area contributed by atoms with E-state index < -0.39 is 5.63 Å². The highest BCUT2D eigenvalue weighted by molar-refractivity contribution is 7.22. The fraction of sp³-hybridized carbons (Fsp3) is 0.0417. The first-order valence-corrected chi connectivity index (χ1v) is 10.3. The normalized spacial score (nSPS) is 11.0. The molecule has 1 N–H and O–H groups in total. The molecule has 5 aromatic rings. The molecule has 0 unspecified atom stereocenters. The van der Waals surface area contributed by atoms with Crippen LogP contribution in [0.4, 0.5) is 5.13 Å². The number of aromatic nitrogens is 1. The first-order chi connectivity index (χ1) is 15.1. The second-order valence-electron chi connectivity index (χ2n) is 6.87. The lowest BCUT2D eigenvalue weighted by molar-refractivity contribution is 0.102. The van der Waals surface area contributed by atoms with Crippen LogP contribution in [0.3, 0.4) is 0 Å². The van der Waals surface area contributed by atoms with Gasteiger partial charge in [0.15, 0.2) is 5.13 Å². The Morgan fingerprint density at radius 2 is 1.84 bits per heavy atom. The minimum atomic E-state index is -0.416. The van der Waals surface area contributed by atoms with Crippen molar-refractivity contribution in [1.82, 2.24) is 4.98 Å². The monoisotopic (exact) mass is 428 g/mol. The molecule has 0 spiro atoms. The van der Waals surface area contributed by atoms with Gasteiger partial charge in [-0.1, -0.05) is 41.7 Å². The zero-order valence-electron chi connectivity index (χ0n) is 16.4. The molecule has 0 aliphatic heterocycles. The number of para-hydroxylation sites is 1. The van der Waals surface area contributed by atoms with Gasteiger partial charge in [-0.3, -0.25) is 10.1 Å². The van der Waals surface area contributed by atoms with E-state index >= 15 is 0 Å². The zero-order valence-corrected chi connectivity index (χ0v) is 17.2. The molecule has 0 saturated heterocycles. The molecule has 5 rings (SSSR count). The maximum absolute atomic E-state index is 12.7. The summed E-state index contributed by atoms with van der Waals surface area (Å²) in [6.45, 7) is 0. The molecule has 2 heterocycles. The Hall–Kier alpha value is -3.97. The predicted octanol–water partition coefficient (Wildman–Crippen LogP) is 5.33. The molecule has 2 aromatic heterocycles. The summed E-state index contributed by atoms with van der Waals surface area (Å²) < 4.78 is 11.5. The van der Waals surface area contributed by atoms with E-state index in [-0.39, 0.29) is 5.91 Å². The fourth-order valence-electron chi connectivity index (χ4n) is 3.32. The van der Waals surface area contributed by atoms with E-state index in [9.17, 15) is 9.59 Å². The molecule has 0 aliphatic rings. The van der Waals surface area contributed by atoms with E-state index in [2.05, 4.69) is 10.3 Å². The number of hydrogen-bond donors (Lipinski definition) is 1. The standard InChI is InChI=1S/C24H16N2O4S/c1-29-17-10-11-19-21(13-17)31-24(25-19)26-22(27)15-8-6-14(7-9-15)18-12-16-4-2-3-5-20(16)30-23(18)28/h2-13H,1H3,(H,25,26,27). The second-order valence-corrected chi connectivity index (χ2v) is 7.90. The van der Waals surface area contributed by atoms with Crippen LogP contribution in [-0.2, 0) is 0 Å². The van der Waals surface area contributed by atoms with Crippen molar-refractivity contribution in [3.05, 3.63) is 88.8 Å². The highest BCUT2D eigenvalue weighted by Gasteiger charge is 2.12. The van der Waals surface area contributed by atoms with Crippen LogP contribution in [0.5, 0.6) is 5.75 Å². The van der Waals surface area contributed by atoms with Gasteiger partial charge >= 0.3 is 5.63 Å². The average molecular weight is 428 g/mol. The Kier molecular flexibility index (Phi) is 4.72. The van der Waals surface area contributed by atoms with E-state index in [0.29, 0.717) is 27.4 Å². The highest BCUT2D eigenvalue weighted by atomic mass is 32.1. The Morgan fingerprint density at radius 3 is 2.65 bits per heavy atom. The molecule has 0 aliphatic carbocycles. The minimum Gasteiger partial charge on any atom is -0.497 e. The summed E-state index contributed by atoms with van der Waals surface area (Å²) in [7, 11) is 1.61. The first-order valence-electron chi connectivity index (χ1n) is 9.50. The molecule has 1 amide bonds. The second kappa shape index (κ2) is 7.70. The summed E-state index contributed by atoms with van der Waals surface area (Å²) in [5.74, 6) is 0.464. The van der Waals surface area contributed by atoms with Gasteiger partial charge in [0.2, 0.25) is 0 Å². The smallest absolute Gasteiger partial charge is 0.344 e. The lowest BCUT2D eigenvalue weighted by Gasteiger charge is -2.05. The van der Waals surface area contributed by atoms with Gasteiger partial charge in [-0.15, -0.1) is 0 Å². The van der Waals surface area contributed by atoms with Crippen molar-refractivity contribution in [3.63, 3.8) is 0 Å². The number of nitrogens with one attached hydrogen (secondary N) is 1. The van der Waals surface area contributed by atoms with E-state index in [4.69, 9.17) is 9.15 Å². The van der Waals surface area contributed by atoms with E-state index in [0.717, 1.165) is 21.4 Å². The number of rotatable bonds is 4. The van der Waals surface area contributed by atoms with Gasteiger partial charge in [0, 0.05) is 10.9 Å². The number of anilines is 1. The fourth-order valence-corrected chi connectivity index (χ4v) is 4.21. The van der Waals surface area contributed by atoms with Gasteiger partial charge in [0.1, 0.15) is 11.3 Å². The maximum atomic E-state index is 12.7. The molecule has 31 heavy (non-hydrogen) atoms. The van der Waals surface area contributed by atoms with Crippen molar-refractivity contribution < 1.29 is 13.9 Å². The number of benzene rings is 3. The summed E-state index contributed by atoms with van der Waals surface area (Å²) in [5.41, 5.74) is 2.51. The minimum absolute atomic E-state index is 0.275. The lowest BCUT2D eigenvalue weighted by atomic mass is 10.0. The van der Waals surface area contributed by atoms with Gasteiger partial charge in [-0.05, 0) is 48.0 Å². The third kappa shape index (κ3) is 3.67. The molecule has 6 nitrogen and oxygen atoms in total. The molecular formula is C24H16N2O4S. The molecule has 0 fully saturated rings. The van der Waals surface area contributed by atoms with Crippen molar-refractivity contribution in [2.75, 3.05) is 12.4 Å². The quantitative estimate of drug-likeness (QED) is 0.391. The molecule has 152 valence electrons. The van der Waals surface area contributed by atoms with Crippen LogP contribution in [0, 0.1) is 0 Å². The molecular weight excluding hydrogens is 412 g/mol. The van der Waals surface area contributed by atoms with Crippen LogP contribution >= 0.6 is 11.3 Å². The third-order valence-corrected chi connectivity index (χ3v) is 5.85. The van der Waals surface area contributed by atoms with Gasteiger partial charge in [0.25, 0.3) is 5.91 Å². The number of methoxy groups -OCH3 is 1. The van der Waals surface area contributed by atoms with Crippen LogP contribution < -0.4 is 15.7 Å². The number of hydrogen-bond acceptors (Lipinski definition) is 6. The Morgan fingerprint density at radius 1 is 1.03 bits per heavy atom. The average Bonchev–Trinajstić information content (AvgIpc) is 3.20. The van der Waals surface area contributed by atoms with Crippen LogP contribution in [0.2, 0.25) is 0 Å². The van der Waals surface area contributed by atoms with Gasteiger partial charge < -0.3 is 9.15 Å². The molecule has 0 saturated carbocycles. The molecule has 0 atom stereocenters. The van der Waals surface area contributed by atoms with E-state index in [1.807, 2.05) is 36.4 Å². The lowest BCUT2D eigenvalue weighted by Crippen LogP contribution is -2.11. The topological polar surface area (TPSA) is 81.4 Å². The molecule has 0 bridgehead atoms. The summed E-state index contributed by atoms with van der Waals surface area (Å²) in [6.07, 6.45) is 0. The van der Waals surface area contributed by atoms with E-state index in [1.165, 1.54) is 11.3 Å². The van der Waals surface area contributed by atoms with Crippen molar-refractivity contribution in [1.29, 1.82) is 0 Å². The Bertz CT molecular complexity index is 1490. The van der Waals surface area contributed by atoms with E-state index in [1.54, 1.807) is 43.5 Å². The van der Waals surface area contributed by atoms with Crippen LogP contribution in [-0.4, -0.2) is 18.0 Å². The summed E-state index contributed by atoms with van der Waals surface area (Å²) in [5, 5.41) is 4.17. The summed E-state index contributed by atoms with van der Waals surface area (Å²) >= 11 is 1.38. The van der Waals surface area contributed by atoms with Crippen LogP contribution in [0.1, 0.15) is 10.4 Å². The number of nitrogens with zero attached hydrogens (tertiary/aromatic N) is 1. The number of fused-ring (bicyclic) bond motifs is 2.